The summed E-state index contributed by atoms with van der Waals surface area (Å²) in [5.41, 5.74) is 3.35. The Bertz CT molecular complexity index is 795. The van der Waals surface area contributed by atoms with Gasteiger partial charge < -0.3 is 9.73 Å². The third-order valence-corrected chi connectivity index (χ3v) is 4.34. The van der Waals surface area contributed by atoms with E-state index in [0.717, 1.165) is 36.2 Å². The van der Waals surface area contributed by atoms with Gasteiger partial charge in [-0.2, -0.15) is 0 Å². The summed E-state index contributed by atoms with van der Waals surface area (Å²) in [6.07, 6.45) is 0.899. The quantitative estimate of drug-likeness (QED) is 0.634. The molecule has 0 fully saturated rings. The van der Waals surface area contributed by atoms with Crippen molar-refractivity contribution >= 4 is 34.2 Å². The van der Waals surface area contributed by atoms with Gasteiger partial charge in [-0.25, -0.2) is 0 Å². The second-order valence-corrected chi connectivity index (χ2v) is 6.24. The zero-order chi connectivity index (χ0) is 15.5. The molecule has 1 aromatic heterocycles. The Hall–Kier alpha value is -1.48. The van der Waals surface area contributed by atoms with Crippen molar-refractivity contribution in [3.8, 4) is 0 Å². The number of benzene rings is 2. The minimum atomic E-state index is 0.593. The fourth-order valence-electron chi connectivity index (χ4n) is 2.44. The topological polar surface area (TPSA) is 25.2 Å². The molecule has 0 bridgehead atoms. The van der Waals surface area contributed by atoms with Crippen LogP contribution >= 0.6 is 23.2 Å². The summed E-state index contributed by atoms with van der Waals surface area (Å²) in [5.74, 6) is 0.953. The molecule has 2 nitrogen and oxygen atoms in total. The molecule has 0 aliphatic carbocycles. The first-order valence-electron chi connectivity index (χ1n) is 7.25. The molecule has 2 aromatic carbocycles. The maximum absolute atomic E-state index is 6.01. The van der Waals surface area contributed by atoms with E-state index in [1.165, 1.54) is 11.1 Å². The molecule has 0 amide bonds. The molecular formula is C18H17Cl2NO. The summed E-state index contributed by atoms with van der Waals surface area (Å²) in [6.45, 7) is 3.66. The lowest BCUT2D eigenvalue weighted by atomic mass is 10.1. The Morgan fingerprint density at radius 3 is 2.68 bits per heavy atom. The number of hydrogen-bond donors (Lipinski definition) is 1. The predicted octanol–water partition coefficient (Wildman–Crippen LogP) is 5.38. The maximum atomic E-state index is 6.01. The number of fused-ring (bicyclic) bond motifs is 1. The fourth-order valence-corrected chi connectivity index (χ4v) is 2.77. The van der Waals surface area contributed by atoms with Crippen LogP contribution in [0, 0.1) is 6.92 Å². The van der Waals surface area contributed by atoms with Gasteiger partial charge in [-0.15, -0.1) is 0 Å². The van der Waals surface area contributed by atoms with Crippen molar-refractivity contribution in [2.24, 2.45) is 0 Å². The summed E-state index contributed by atoms with van der Waals surface area (Å²) in [6, 6.07) is 14.1. The summed E-state index contributed by atoms with van der Waals surface area (Å²) in [4.78, 5) is 0. The highest BCUT2D eigenvalue weighted by molar-refractivity contribution is 6.42. The van der Waals surface area contributed by atoms with Gasteiger partial charge in [0.05, 0.1) is 16.6 Å². The molecule has 0 spiro atoms. The monoisotopic (exact) mass is 333 g/mol. The number of aryl methyl sites for hydroxylation is 1. The second-order valence-electron chi connectivity index (χ2n) is 5.43. The van der Waals surface area contributed by atoms with Gasteiger partial charge in [0.2, 0.25) is 0 Å². The second kappa shape index (κ2) is 6.74. The van der Waals surface area contributed by atoms with Crippen LogP contribution in [0.4, 0.5) is 0 Å². The number of rotatable bonds is 5. The highest BCUT2D eigenvalue weighted by atomic mass is 35.5. The lowest BCUT2D eigenvalue weighted by molar-refractivity contribution is 0.515. The smallest absolute Gasteiger partial charge is 0.134 e. The number of hydrogen-bond acceptors (Lipinski definition) is 2. The van der Waals surface area contributed by atoms with E-state index in [0.29, 0.717) is 10.0 Å². The lowest BCUT2D eigenvalue weighted by Crippen LogP contribution is -2.16. The molecule has 1 heterocycles. The fraction of sp³-hybridized carbons (Fsp3) is 0.222. The van der Waals surface area contributed by atoms with E-state index in [9.17, 15) is 0 Å². The zero-order valence-corrected chi connectivity index (χ0v) is 13.8. The Labute approximate surface area is 140 Å². The lowest BCUT2D eigenvalue weighted by Gasteiger charge is -2.04. The molecule has 3 aromatic rings. The van der Waals surface area contributed by atoms with Gasteiger partial charge in [-0.3, -0.25) is 0 Å². The van der Waals surface area contributed by atoms with E-state index in [1.807, 2.05) is 24.3 Å². The Kier molecular flexibility index (Phi) is 4.72. The first-order valence-corrected chi connectivity index (χ1v) is 8.01. The highest BCUT2D eigenvalue weighted by Crippen LogP contribution is 2.23. The Morgan fingerprint density at radius 2 is 1.86 bits per heavy atom. The van der Waals surface area contributed by atoms with Crippen LogP contribution in [0.3, 0.4) is 0 Å². The first-order chi connectivity index (χ1) is 10.6. The Morgan fingerprint density at radius 1 is 1.00 bits per heavy atom. The van der Waals surface area contributed by atoms with Gasteiger partial charge >= 0.3 is 0 Å². The van der Waals surface area contributed by atoms with Gasteiger partial charge in [0.1, 0.15) is 11.3 Å². The summed E-state index contributed by atoms with van der Waals surface area (Å²) in [5, 5.41) is 5.74. The van der Waals surface area contributed by atoms with Crippen molar-refractivity contribution < 1.29 is 4.42 Å². The van der Waals surface area contributed by atoms with Crippen molar-refractivity contribution in [1.82, 2.24) is 5.32 Å². The van der Waals surface area contributed by atoms with Crippen LogP contribution in [0.15, 0.2) is 46.9 Å². The molecule has 1 N–H and O–H groups in total. The van der Waals surface area contributed by atoms with Crippen molar-refractivity contribution in [3.63, 3.8) is 0 Å². The molecule has 0 unspecified atom stereocenters. The van der Waals surface area contributed by atoms with Gasteiger partial charge in [0.15, 0.2) is 0 Å². The van der Waals surface area contributed by atoms with E-state index in [-0.39, 0.29) is 0 Å². The number of nitrogens with one attached hydrogen (secondary N) is 1. The van der Waals surface area contributed by atoms with Gasteiger partial charge in [0.25, 0.3) is 0 Å². The Balaban J connectivity index is 1.54. The number of furan rings is 1. The normalized spacial score (nSPS) is 11.2. The average molecular weight is 334 g/mol. The molecule has 3 rings (SSSR count). The average Bonchev–Trinajstić information content (AvgIpc) is 2.89. The van der Waals surface area contributed by atoms with Crippen LogP contribution in [0.1, 0.15) is 16.9 Å². The van der Waals surface area contributed by atoms with E-state index >= 15 is 0 Å². The van der Waals surface area contributed by atoms with Crippen LogP contribution in [-0.4, -0.2) is 6.54 Å². The molecular weight excluding hydrogens is 317 g/mol. The van der Waals surface area contributed by atoms with Crippen LogP contribution in [0.5, 0.6) is 0 Å². The van der Waals surface area contributed by atoms with E-state index in [4.69, 9.17) is 27.6 Å². The van der Waals surface area contributed by atoms with Gasteiger partial charge in [0, 0.05) is 5.39 Å². The van der Waals surface area contributed by atoms with Crippen LogP contribution in [0.25, 0.3) is 11.0 Å². The molecule has 0 atom stereocenters. The number of halogens is 2. The molecule has 4 heteroatoms. The maximum Gasteiger partial charge on any atom is 0.134 e. The van der Waals surface area contributed by atoms with Crippen molar-refractivity contribution in [2.75, 3.05) is 6.54 Å². The third-order valence-electron chi connectivity index (χ3n) is 3.60. The van der Waals surface area contributed by atoms with E-state index in [2.05, 4.69) is 30.4 Å². The van der Waals surface area contributed by atoms with Crippen molar-refractivity contribution in [2.45, 2.75) is 19.9 Å². The van der Waals surface area contributed by atoms with Gasteiger partial charge in [-0.1, -0.05) is 40.9 Å². The molecule has 0 aliphatic rings. The van der Waals surface area contributed by atoms with E-state index in [1.54, 1.807) is 0 Å². The van der Waals surface area contributed by atoms with Crippen LogP contribution < -0.4 is 5.32 Å². The summed E-state index contributed by atoms with van der Waals surface area (Å²) in [7, 11) is 0. The molecule has 0 saturated heterocycles. The minimum absolute atomic E-state index is 0.593. The minimum Gasteiger partial charge on any atom is -0.460 e. The molecule has 0 radical (unpaired) electrons. The third kappa shape index (κ3) is 3.64. The van der Waals surface area contributed by atoms with Crippen LogP contribution in [-0.2, 0) is 13.0 Å². The summed E-state index contributed by atoms with van der Waals surface area (Å²) < 4.78 is 5.81. The molecule has 22 heavy (non-hydrogen) atoms. The zero-order valence-electron chi connectivity index (χ0n) is 12.3. The highest BCUT2D eigenvalue weighted by Gasteiger charge is 2.04. The van der Waals surface area contributed by atoms with E-state index < -0.39 is 0 Å². The SMILES string of the molecule is Cc1ccc2oc(CNCCc3ccc(Cl)c(Cl)c3)cc2c1. The van der Waals surface area contributed by atoms with Crippen molar-refractivity contribution in [1.29, 1.82) is 0 Å². The molecule has 0 saturated carbocycles. The molecule has 0 aliphatic heterocycles. The standard InChI is InChI=1S/C18H17Cl2NO/c1-12-2-5-18-14(8-12)10-15(22-18)11-21-7-6-13-3-4-16(19)17(20)9-13/h2-5,8-10,21H,6-7,11H2,1H3. The molecule has 114 valence electrons. The first kappa shape index (κ1) is 15.4. The van der Waals surface area contributed by atoms with Gasteiger partial charge in [-0.05, 0) is 55.8 Å². The van der Waals surface area contributed by atoms with Crippen LogP contribution in [0.2, 0.25) is 10.0 Å². The largest absolute Gasteiger partial charge is 0.460 e. The predicted molar refractivity (Wildman–Crippen MR) is 92.8 cm³/mol. The summed E-state index contributed by atoms with van der Waals surface area (Å²) >= 11 is 11.9. The van der Waals surface area contributed by atoms with Crippen molar-refractivity contribution in [3.05, 3.63) is 69.4 Å².